The molecular formula is C13H19N3O2S3. The van der Waals surface area contributed by atoms with Crippen LogP contribution in [-0.4, -0.2) is 39.6 Å². The molecule has 21 heavy (non-hydrogen) atoms. The summed E-state index contributed by atoms with van der Waals surface area (Å²) in [5, 5.41) is 8.64. The van der Waals surface area contributed by atoms with Crippen LogP contribution in [0, 0.1) is 0 Å². The maximum atomic E-state index is 12.1. The van der Waals surface area contributed by atoms with Gasteiger partial charge in [0.05, 0.1) is 17.0 Å². The summed E-state index contributed by atoms with van der Waals surface area (Å²) in [7, 11) is 0. The molecule has 1 saturated heterocycles. The molecule has 116 valence electrons. The second-order valence-electron chi connectivity index (χ2n) is 5.23. The minimum absolute atomic E-state index is 0.0881. The fourth-order valence-electron chi connectivity index (χ4n) is 1.79. The first-order valence-corrected chi connectivity index (χ1v) is 9.83. The average Bonchev–Trinajstić information content (AvgIpc) is 2.87. The highest BCUT2D eigenvalue weighted by atomic mass is 32.2. The molecule has 0 radical (unpaired) electrons. The summed E-state index contributed by atoms with van der Waals surface area (Å²) in [5.41, 5.74) is 0.868. The lowest BCUT2D eigenvalue weighted by Gasteiger charge is -2.32. The van der Waals surface area contributed by atoms with Gasteiger partial charge in [-0.15, -0.1) is 23.1 Å². The van der Waals surface area contributed by atoms with Crippen LogP contribution in [0.25, 0.3) is 0 Å². The number of nitrogens with zero attached hydrogens (tertiary/aromatic N) is 1. The third-order valence-electron chi connectivity index (χ3n) is 3.09. The van der Waals surface area contributed by atoms with E-state index in [-0.39, 0.29) is 11.8 Å². The molecule has 0 spiro atoms. The third kappa shape index (κ3) is 4.37. The topological polar surface area (TPSA) is 71.1 Å². The van der Waals surface area contributed by atoms with Crippen LogP contribution in [0.15, 0.2) is 5.38 Å². The molecule has 0 aliphatic carbocycles. The lowest BCUT2D eigenvalue weighted by Crippen LogP contribution is -2.57. The number of thioether (sulfide) groups is 2. The molecule has 1 aromatic heterocycles. The molecule has 0 aromatic carbocycles. The average molecular weight is 346 g/mol. The molecule has 1 unspecified atom stereocenters. The number of amides is 2. The van der Waals surface area contributed by atoms with Crippen LogP contribution in [0.5, 0.6) is 0 Å². The van der Waals surface area contributed by atoms with Gasteiger partial charge in [0.15, 0.2) is 0 Å². The number of thiazole rings is 1. The molecule has 8 heteroatoms. The number of aromatic nitrogens is 1. The summed E-state index contributed by atoms with van der Waals surface area (Å²) in [6.45, 7) is 4.14. The van der Waals surface area contributed by atoms with E-state index >= 15 is 0 Å². The van der Waals surface area contributed by atoms with Crippen molar-refractivity contribution in [2.75, 3.05) is 12.0 Å². The largest absolute Gasteiger partial charge is 0.349 e. The minimum Gasteiger partial charge on any atom is -0.349 e. The van der Waals surface area contributed by atoms with Gasteiger partial charge in [-0.2, -0.15) is 11.8 Å². The predicted molar refractivity (Wildman–Crippen MR) is 89.6 cm³/mol. The summed E-state index contributed by atoms with van der Waals surface area (Å²) in [6.07, 6.45) is 2.04. The van der Waals surface area contributed by atoms with Crippen molar-refractivity contribution in [1.82, 2.24) is 15.6 Å². The zero-order valence-corrected chi connectivity index (χ0v) is 14.7. The molecule has 1 aliphatic rings. The normalized spacial score (nSPS) is 20.9. The second-order valence-corrected chi connectivity index (χ2v) is 8.68. The van der Waals surface area contributed by atoms with Crippen LogP contribution in [0.3, 0.4) is 0 Å². The van der Waals surface area contributed by atoms with Crippen molar-refractivity contribution in [3.05, 3.63) is 16.1 Å². The molecule has 2 amide bonds. The Labute approximate surface area is 137 Å². The van der Waals surface area contributed by atoms with Crippen LogP contribution < -0.4 is 10.6 Å². The monoisotopic (exact) mass is 345 g/mol. The van der Waals surface area contributed by atoms with Gasteiger partial charge in [-0.1, -0.05) is 0 Å². The SMILES string of the molecule is CSCc1nc(CNC(=O)C2CSC(C)(C)C(=O)N2)cs1. The van der Waals surface area contributed by atoms with E-state index in [1.165, 1.54) is 11.8 Å². The van der Waals surface area contributed by atoms with Gasteiger partial charge >= 0.3 is 0 Å². The lowest BCUT2D eigenvalue weighted by molar-refractivity contribution is -0.129. The Bertz CT molecular complexity index is 530. The zero-order valence-electron chi connectivity index (χ0n) is 12.3. The molecule has 1 aromatic rings. The summed E-state index contributed by atoms with van der Waals surface area (Å²) >= 11 is 4.84. The summed E-state index contributed by atoms with van der Waals surface area (Å²) in [6, 6.07) is -0.458. The number of carbonyl (C=O) groups is 2. The minimum atomic E-state index is -0.460. The molecule has 0 saturated carbocycles. The first-order chi connectivity index (χ1) is 9.92. The molecule has 2 N–H and O–H groups in total. The van der Waals surface area contributed by atoms with E-state index in [0.29, 0.717) is 12.3 Å². The van der Waals surface area contributed by atoms with E-state index in [1.54, 1.807) is 23.1 Å². The van der Waals surface area contributed by atoms with Gasteiger partial charge in [-0.05, 0) is 20.1 Å². The number of hydrogen-bond donors (Lipinski definition) is 2. The fourth-order valence-corrected chi connectivity index (χ4v) is 4.32. The Balaban J connectivity index is 1.83. The van der Waals surface area contributed by atoms with Crippen molar-refractivity contribution >= 4 is 46.7 Å². The van der Waals surface area contributed by atoms with Gasteiger partial charge in [-0.25, -0.2) is 4.98 Å². The van der Waals surface area contributed by atoms with Crippen LogP contribution in [0.1, 0.15) is 24.5 Å². The standard InChI is InChI=1S/C13H19N3O2S3/c1-13(2)12(18)16-9(6-21-13)11(17)14-4-8-5-20-10(15-8)7-19-3/h5,9H,4,6-7H2,1-3H3,(H,14,17)(H,16,18). The summed E-state index contributed by atoms with van der Waals surface area (Å²) in [4.78, 5) is 28.4. The zero-order chi connectivity index (χ0) is 15.5. The van der Waals surface area contributed by atoms with Crippen molar-refractivity contribution < 1.29 is 9.59 Å². The van der Waals surface area contributed by atoms with Gasteiger partial charge in [0, 0.05) is 16.9 Å². The Hall–Kier alpha value is -0.730. The Morgan fingerprint density at radius 1 is 1.62 bits per heavy atom. The van der Waals surface area contributed by atoms with Crippen molar-refractivity contribution in [2.45, 2.75) is 36.9 Å². The molecule has 1 fully saturated rings. The molecule has 0 bridgehead atoms. The van der Waals surface area contributed by atoms with Crippen LogP contribution in [0.2, 0.25) is 0 Å². The maximum Gasteiger partial charge on any atom is 0.243 e. The third-order valence-corrected chi connectivity index (χ3v) is 6.14. The number of hydrogen-bond acceptors (Lipinski definition) is 6. The summed E-state index contributed by atoms with van der Waals surface area (Å²) in [5.74, 6) is 1.25. The van der Waals surface area contributed by atoms with E-state index in [1.807, 2.05) is 25.5 Å². The number of carbonyl (C=O) groups excluding carboxylic acids is 2. The van der Waals surface area contributed by atoms with Gasteiger partial charge in [0.1, 0.15) is 11.0 Å². The number of rotatable bonds is 5. The van der Waals surface area contributed by atoms with E-state index < -0.39 is 10.8 Å². The van der Waals surface area contributed by atoms with Crippen molar-refractivity contribution in [3.63, 3.8) is 0 Å². The molecule has 5 nitrogen and oxygen atoms in total. The van der Waals surface area contributed by atoms with Crippen LogP contribution in [0.4, 0.5) is 0 Å². The summed E-state index contributed by atoms with van der Waals surface area (Å²) < 4.78 is -0.460. The highest BCUT2D eigenvalue weighted by Gasteiger charge is 2.37. The Morgan fingerprint density at radius 3 is 3.05 bits per heavy atom. The van der Waals surface area contributed by atoms with E-state index in [4.69, 9.17) is 0 Å². The van der Waals surface area contributed by atoms with Gasteiger partial charge in [0.25, 0.3) is 0 Å². The Kier molecular flexibility index (Phi) is 5.56. The highest BCUT2D eigenvalue weighted by molar-refractivity contribution is 8.01. The molecule has 2 rings (SSSR count). The smallest absolute Gasteiger partial charge is 0.243 e. The molecule has 1 atom stereocenters. The van der Waals surface area contributed by atoms with Crippen molar-refractivity contribution in [2.24, 2.45) is 0 Å². The quantitative estimate of drug-likeness (QED) is 0.849. The molecular weight excluding hydrogens is 326 g/mol. The van der Waals surface area contributed by atoms with Crippen molar-refractivity contribution in [3.8, 4) is 0 Å². The first kappa shape index (κ1) is 16.6. The maximum absolute atomic E-state index is 12.1. The second kappa shape index (κ2) is 7.02. The highest BCUT2D eigenvalue weighted by Crippen LogP contribution is 2.29. The molecule has 1 aliphatic heterocycles. The lowest BCUT2D eigenvalue weighted by atomic mass is 10.1. The number of nitrogens with one attached hydrogen (secondary N) is 2. The van der Waals surface area contributed by atoms with Crippen LogP contribution in [-0.2, 0) is 21.9 Å². The van der Waals surface area contributed by atoms with Gasteiger partial charge < -0.3 is 10.6 Å². The van der Waals surface area contributed by atoms with E-state index in [0.717, 1.165) is 16.5 Å². The first-order valence-electron chi connectivity index (χ1n) is 6.57. The van der Waals surface area contributed by atoms with Gasteiger partial charge in [-0.3, -0.25) is 9.59 Å². The van der Waals surface area contributed by atoms with Crippen molar-refractivity contribution in [1.29, 1.82) is 0 Å². The van der Waals surface area contributed by atoms with Gasteiger partial charge in [0.2, 0.25) is 11.8 Å². The van der Waals surface area contributed by atoms with E-state index in [2.05, 4.69) is 15.6 Å². The Morgan fingerprint density at radius 2 is 2.38 bits per heavy atom. The molecule has 2 heterocycles. The van der Waals surface area contributed by atoms with E-state index in [9.17, 15) is 9.59 Å². The fraction of sp³-hybridized carbons (Fsp3) is 0.615. The predicted octanol–water partition coefficient (Wildman–Crippen LogP) is 1.63. The van der Waals surface area contributed by atoms with Crippen LogP contribution >= 0.6 is 34.9 Å².